The molecular formula is C26H24O3. The SMILES string of the molecule is CCOC(=O)c1ccc(/C=C/c2ccc3c(c2)-c2cc(O)ccc2CC3C)cc1. The van der Waals surface area contributed by atoms with Crippen LogP contribution in [0.5, 0.6) is 5.75 Å². The monoisotopic (exact) mass is 384 g/mol. The van der Waals surface area contributed by atoms with Crippen molar-refractivity contribution in [2.45, 2.75) is 26.2 Å². The van der Waals surface area contributed by atoms with Crippen molar-refractivity contribution in [2.75, 3.05) is 6.61 Å². The fraction of sp³-hybridized carbons (Fsp3) is 0.192. The van der Waals surface area contributed by atoms with Crippen molar-refractivity contribution in [1.29, 1.82) is 0 Å². The third-order valence-electron chi connectivity index (χ3n) is 5.41. The van der Waals surface area contributed by atoms with Crippen LogP contribution in [0.1, 0.15) is 52.4 Å². The van der Waals surface area contributed by atoms with Gasteiger partial charge in [-0.3, -0.25) is 0 Å². The lowest BCUT2D eigenvalue weighted by atomic mass is 9.79. The first-order valence-electron chi connectivity index (χ1n) is 9.96. The van der Waals surface area contributed by atoms with Gasteiger partial charge in [-0.1, -0.05) is 49.4 Å². The number of hydrogen-bond donors (Lipinski definition) is 1. The second kappa shape index (κ2) is 7.96. The highest BCUT2D eigenvalue weighted by molar-refractivity contribution is 5.89. The standard InChI is InChI=1S/C26H24O3/c1-3-29-26(28)20-9-6-18(7-10-20)4-5-19-8-13-23-17(2)14-21-11-12-22(27)16-24(21)25(23)15-19/h4-13,15-17,27H,3,14H2,1-2H3/b5-4+. The molecule has 1 aliphatic rings. The van der Waals surface area contributed by atoms with Gasteiger partial charge in [-0.15, -0.1) is 0 Å². The van der Waals surface area contributed by atoms with Crippen LogP contribution in [0.2, 0.25) is 0 Å². The summed E-state index contributed by atoms with van der Waals surface area (Å²) in [6.07, 6.45) is 5.10. The number of phenols is 1. The van der Waals surface area contributed by atoms with E-state index in [2.05, 4.69) is 31.2 Å². The molecule has 1 atom stereocenters. The summed E-state index contributed by atoms with van der Waals surface area (Å²) < 4.78 is 5.02. The van der Waals surface area contributed by atoms with Gasteiger partial charge in [-0.25, -0.2) is 4.79 Å². The first kappa shape index (κ1) is 19.0. The van der Waals surface area contributed by atoms with E-state index in [0.29, 0.717) is 23.8 Å². The zero-order chi connectivity index (χ0) is 20.4. The summed E-state index contributed by atoms with van der Waals surface area (Å²) in [5.41, 5.74) is 7.58. The van der Waals surface area contributed by atoms with Crippen molar-refractivity contribution in [1.82, 2.24) is 0 Å². The van der Waals surface area contributed by atoms with Gasteiger partial charge in [0.05, 0.1) is 12.2 Å². The summed E-state index contributed by atoms with van der Waals surface area (Å²) in [5, 5.41) is 9.95. The molecule has 1 N–H and O–H groups in total. The number of fused-ring (bicyclic) bond motifs is 3. The molecule has 29 heavy (non-hydrogen) atoms. The fourth-order valence-electron chi connectivity index (χ4n) is 3.91. The lowest BCUT2D eigenvalue weighted by molar-refractivity contribution is 0.0526. The molecule has 0 radical (unpaired) electrons. The molecule has 0 aromatic heterocycles. The second-order valence-corrected chi connectivity index (χ2v) is 7.47. The van der Waals surface area contributed by atoms with Crippen LogP contribution in [0, 0.1) is 0 Å². The maximum atomic E-state index is 11.8. The highest BCUT2D eigenvalue weighted by Crippen LogP contribution is 2.41. The second-order valence-electron chi connectivity index (χ2n) is 7.47. The Morgan fingerprint density at radius 2 is 1.72 bits per heavy atom. The molecule has 0 heterocycles. The molecule has 3 heteroatoms. The Hall–Kier alpha value is -3.33. The molecule has 3 aromatic carbocycles. The van der Waals surface area contributed by atoms with Crippen LogP contribution >= 0.6 is 0 Å². The van der Waals surface area contributed by atoms with Gasteiger partial charge in [-0.05, 0) is 83.0 Å². The molecule has 4 rings (SSSR count). The Bertz CT molecular complexity index is 1080. The fourth-order valence-corrected chi connectivity index (χ4v) is 3.91. The molecule has 1 aliphatic carbocycles. The van der Waals surface area contributed by atoms with Crippen molar-refractivity contribution in [2.24, 2.45) is 0 Å². The maximum absolute atomic E-state index is 11.8. The number of carbonyl (C=O) groups is 1. The molecule has 0 spiro atoms. The number of phenolic OH excluding ortho intramolecular Hbond substituents is 1. The molecule has 0 bridgehead atoms. The van der Waals surface area contributed by atoms with Crippen LogP contribution in [-0.4, -0.2) is 17.7 Å². The summed E-state index contributed by atoms with van der Waals surface area (Å²) in [4.78, 5) is 11.8. The average molecular weight is 384 g/mol. The van der Waals surface area contributed by atoms with E-state index in [0.717, 1.165) is 23.1 Å². The minimum Gasteiger partial charge on any atom is -0.508 e. The Morgan fingerprint density at radius 1 is 1.00 bits per heavy atom. The third-order valence-corrected chi connectivity index (χ3v) is 5.41. The van der Waals surface area contributed by atoms with Gasteiger partial charge in [0, 0.05) is 0 Å². The van der Waals surface area contributed by atoms with Gasteiger partial charge in [0.15, 0.2) is 0 Å². The Balaban J connectivity index is 1.61. The topological polar surface area (TPSA) is 46.5 Å². The van der Waals surface area contributed by atoms with Crippen LogP contribution in [0.25, 0.3) is 23.3 Å². The number of rotatable bonds is 4. The highest BCUT2D eigenvalue weighted by Gasteiger charge is 2.22. The molecule has 146 valence electrons. The molecular weight excluding hydrogens is 360 g/mol. The van der Waals surface area contributed by atoms with Gasteiger partial charge in [0.2, 0.25) is 0 Å². The third kappa shape index (κ3) is 3.95. The summed E-state index contributed by atoms with van der Waals surface area (Å²) in [5.74, 6) is 0.455. The van der Waals surface area contributed by atoms with Crippen molar-refractivity contribution < 1.29 is 14.6 Å². The van der Waals surface area contributed by atoms with Crippen LogP contribution in [0.4, 0.5) is 0 Å². The predicted molar refractivity (Wildman–Crippen MR) is 117 cm³/mol. The zero-order valence-corrected chi connectivity index (χ0v) is 16.7. The molecule has 3 aromatic rings. The first-order chi connectivity index (χ1) is 14.0. The Labute approximate surface area is 171 Å². The van der Waals surface area contributed by atoms with E-state index < -0.39 is 0 Å². The van der Waals surface area contributed by atoms with Gasteiger partial charge < -0.3 is 9.84 Å². The quantitative estimate of drug-likeness (QED) is 0.439. The zero-order valence-electron chi connectivity index (χ0n) is 16.7. The summed E-state index contributed by atoms with van der Waals surface area (Å²) in [6.45, 7) is 4.42. The number of aromatic hydroxyl groups is 1. The minimum atomic E-state index is -0.297. The lowest BCUT2D eigenvalue weighted by Gasteiger charge is -2.25. The number of carbonyl (C=O) groups excluding carboxylic acids is 1. The van der Waals surface area contributed by atoms with E-state index in [1.54, 1.807) is 25.1 Å². The molecule has 3 nitrogen and oxygen atoms in total. The van der Waals surface area contributed by atoms with Crippen LogP contribution in [0.3, 0.4) is 0 Å². The van der Waals surface area contributed by atoms with Crippen LogP contribution < -0.4 is 0 Å². The van der Waals surface area contributed by atoms with Crippen molar-refractivity contribution in [3.8, 4) is 16.9 Å². The van der Waals surface area contributed by atoms with E-state index in [1.165, 1.54) is 16.7 Å². The molecule has 0 saturated carbocycles. The Kier molecular flexibility index (Phi) is 5.22. The lowest BCUT2D eigenvalue weighted by Crippen LogP contribution is -2.08. The van der Waals surface area contributed by atoms with E-state index in [4.69, 9.17) is 4.74 Å². The normalized spacial score (nSPS) is 15.0. The van der Waals surface area contributed by atoms with Crippen molar-refractivity contribution in [3.63, 3.8) is 0 Å². The highest BCUT2D eigenvalue weighted by atomic mass is 16.5. The number of ether oxygens (including phenoxy) is 1. The van der Waals surface area contributed by atoms with Crippen molar-refractivity contribution in [3.05, 3.63) is 88.5 Å². The molecule has 0 saturated heterocycles. The largest absolute Gasteiger partial charge is 0.508 e. The molecule has 0 aliphatic heterocycles. The summed E-state index contributed by atoms with van der Waals surface area (Å²) in [6, 6.07) is 19.6. The van der Waals surface area contributed by atoms with Crippen LogP contribution in [-0.2, 0) is 11.2 Å². The summed E-state index contributed by atoms with van der Waals surface area (Å²) in [7, 11) is 0. The number of esters is 1. The van der Waals surface area contributed by atoms with E-state index >= 15 is 0 Å². The van der Waals surface area contributed by atoms with E-state index in [1.807, 2.05) is 30.3 Å². The number of benzene rings is 3. The van der Waals surface area contributed by atoms with E-state index in [9.17, 15) is 9.90 Å². The molecule has 1 unspecified atom stereocenters. The van der Waals surface area contributed by atoms with Crippen LogP contribution in [0.15, 0.2) is 60.7 Å². The smallest absolute Gasteiger partial charge is 0.338 e. The minimum absolute atomic E-state index is 0.297. The predicted octanol–water partition coefficient (Wildman–Crippen LogP) is 6.07. The van der Waals surface area contributed by atoms with Gasteiger partial charge >= 0.3 is 5.97 Å². The first-order valence-corrected chi connectivity index (χ1v) is 9.96. The van der Waals surface area contributed by atoms with Gasteiger partial charge in [-0.2, -0.15) is 0 Å². The van der Waals surface area contributed by atoms with Crippen molar-refractivity contribution >= 4 is 18.1 Å². The van der Waals surface area contributed by atoms with Gasteiger partial charge in [0.1, 0.15) is 5.75 Å². The summed E-state index contributed by atoms with van der Waals surface area (Å²) >= 11 is 0. The Morgan fingerprint density at radius 3 is 2.48 bits per heavy atom. The van der Waals surface area contributed by atoms with Gasteiger partial charge in [0.25, 0.3) is 0 Å². The van der Waals surface area contributed by atoms with E-state index in [-0.39, 0.29) is 5.97 Å². The average Bonchev–Trinajstić information content (AvgIpc) is 2.73. The maximum Gasteiger partial charge on any atom is 0.338 e. The molecule has 0 amide bonds. The molecule has 0 fully saturated rings. The number of hydrogen-bond acceptors (Lipinski definition) is 3.